The van der Waals surface area contributed by atoms with Crippen molar-refractivity contribution in [1.29, 1.82) is 0 Å². The molecule has 1 aromatic carbocycles. The second-order valence-corrected chi connectivity index (χ2v) is 7.51. The molecule has 6 heteroatoms. The Hall–Kier alpha value is -1.95. The molecule has 2 aliphatic rings. The predicted molar refractivity (Wildman–Crippen MR) is 93.2 cm³/mol. The molecule has 0 aromatic heterocycles. The monoisotopic (exact) mass is 347 g/mol. The summed E-state index contributed by atoms with van der Waals surface area (Å²) in [5.41, 5.74) is 0.883. The number of amides is 2. The quantitative estimate of drug-likeness (QED) is 0.833. The Morgan fingerprint density at radius 3 is 2.64 bits per heavy atom. The van der Waals surface area contributed by atoms with Crippen LogP contribution in [0.2, 0.25) is 0 Å². The van der Waals surface area contributed by atoms with E-state index in [1.807, 2.05) is 6.07 Å². The van der Waals surface area contributed by atoms with E-state index in [0.717, 1.165) is 5.56 Å². The van der Waals surface area contributed by atoms with Gasteiger partial charge in [0.2, 0.25) is 11.8 Å². The first kappa shape index (κ1) is 17.9. The Morgan fingerprint density at radius 1 is 1.20 bits per heavy atom. The maximum atomic E-state index is 13.4. The number of piperazine rings is 2. The van der Waals surface area contributed by atoms with Gasteiger partial charge in [0, 0.05) is 33.2 Å². The van der Waals surface area contributed by atoms with Crippen molar-refractivity contribution in [3.8, 4) is 0 Å². The highest BCUT2D eigenvalue weighted by molar-refractivity contribution is 5.97. The van der Waals surface area contributed by atoms with Crippen LogP contribution < -0.4 is 0 Å². The van der Waals surface area contributed by atoms with Crippen LogP contribution in [0.5, 0.6) is 0 Å². The smallest absolute Gasteiger partial charge is 0.247 e. The third-order valence-corrected chi connectivity index (χ3v) is 5.12. The predicted octanol–water partition coefficient (Wildman–Crippen LogP) is 1.73. The summed E-state index contributed by atoms with van der Waals surface area (Å²) in [7, 11) is 1.73. The summed E-state index contributed by atoms with van der Waals surface area (Å²) in [6.45, 7) is 6.46. The summed E-state index contributed by atoms with van der Waals surface area (Å²) in [5, 5.41) is 0. The molecule has 2 atom stereocenters. The lowest BCUT2D eigenvalue weighted by Gasteiger charge is -2.48. The third-order valence-electron chi connectivity index (χ3n) is 5.12. The number of carbonyl (C=O) groups is 2. The average Bonchev–Trinajstić information content (AvgIpc) is 2.56. The van der Waals surface area contributed by atoms with E-state index in [1.54, 1.807) is 22.9 Å². The number of fused-ring (bicyclic) bond motifs is 1. The van der Waals surface area contributed by atoms with Gasteiger partial charge in [-0.1, -0.05) is 26.0 Å². The fourth-order valence-electron chi connectivity index (χ4n) is 3.80. The van der Waals surface area contributed by atoms with Gasteiger partial charge >= 0.3 is 0 Å². The first-order valence-electron chi connectivity index (χ1n) is 8.90. The van der Waals surface area contributed by atoms with Crippen molar-refractivity contribution >= 4 is 11.8 Å². The molecule has 2 saturated heterocycles. The molecule has 2 aliphatic heterocycles. The molecule has 0 spiro atoms. The second-order valence-electron chi connectivity index (χ2n) is 7.51. The highest BCUT2D eigenvalue weighted by Crippen LogP contribution is 2.25. The second kappa shape index (κ2) is 7.12. The van der Waals surface area contributed by atoms with Gasteiger partial charge in [-0.2, -0.15) is 0 Å². The average molecular weight is 347 g/mol. The van der Waals surface area contributed by atoms with Crippen LogP contribution >= 0.6 is 0 Å². The zero-order chi connectivity index (χ0) is 18.1. The van der Waals surface area contributed by atoms with Gasteiger partial charge in [0.25, 0.3) is 0 Å². The molecule has 0 bridgehead atoms. The largest absolute Gasteiger partial charge is 0.332 e. The number of rotatable bonds is 4. The molecule has 0 N–H and O–H groups in total. The molecule has 2 amide bonds. The summed E-state index contributed by atoms with van der Waals surface area (Å²) < 4.78 is 13.4. The molecule has 136 valence electrons. The topological polar surface area (TPSA) is 43.9 Å². The van der Waals surface area contributed by atoms with Crippen molar-refractivity contribution in [2.24, 2.45) is 5.92 Å². The minimum Gasteiger partial charge on any atom is -0.332 e. The van der Waals surface area contributed by atoms with E-state index in [2.05, 4.69) is 18.7 Å². The third kappa shape index (κ3) is 3.68. The van der Waals surface area contributed by atoms with Crippen molar-refractivity contribution in [2.75, 3.05) is 26.7 Å². The van der Waals surface area contributed by atoms with Gasteiger partial charge in [-0.25, -0.2) is 4.39 Å². The minimum atomic E-state index is -0.428. The molecule has 25 heavy (non-hydrogen) atoms. The van der Waals surface area contributed by atoms with Crippen LogP contribution in [0.3, 0.4) is 0 Å². The van der Waals surface area contributed by atoms with E-state index in [4.69, 9.17) is 0 Å². The molecule has 0 radical (unpaired) electrons. The van der Waals surface area contributed by atoms with Crippen LogP contribution in [0.1, 0.15) is 25.8 Å². The number of nitrogens with zero attached hydrogens (tertiary/aromatic N) is 3. The lowest BCUT2D eigenvalue weighted by Crippen LogP contribution is -2.69. The summed E-state index contributed by atoms with van der Waals surface area (Å²) in [6.07, 6.45) is 0.692. The highest BCUT2D eigenvalue weighted by atomic mass is 19.1. The van der Waals surface area contributed by atoms with Crippen LogP contribution in [0.25, 0.3) is 0 Å². The minimum absolute atomic E-state index is 0.00851. The van der Waals surface area contributed by atoms with Gasteiger partial charge in [0.1, 0.15) is 17.9 Å². The molecular weight excluding hydrogens is 321 g/mol. The van der Waals surface area contributed by atoms with Crippen molar-refractivity contribution in [1.82, 2.24) is 14.7 Å². The molecule has 2 fully saturated rings. The summed E-state index contributed by atoms with van der Waals surface area (Å²) >= 11 is 0. The summed E-state index contributed by atoms with van der Waals surface area (Å²) in [6, 6.07) is 5.75. The van der Waals surface area contributed by atoms with Gasteiger partial charge in [-0.3, -0.25) is 14.5 Å². The molecule has 0 saturated carbocycles. The van der Waals surface area contributed by atoms with E-state index in [0.29, 0.717) is 38.5 Å². The Balaban J connectivity index is 1.71. The number of benzene rings is 1. The number of halogens is 1. The number of carbonyl (C=O) groups excluding carboxylic acids is 2. The van der Waals surface area contributed by atoms with E-state index in [-0.39, 0.29) is 23.7 Å². The molecule has 2 heterocycles. The number of hydrogen-bond donors (Lipinski definition) is 0. The molecule has 0 aliphatic carbocycles. The maximum absolute atomic E-state index is 13.4. The van der Waals surface area contributed by atoms with Gasteiger partial charge < -0.3 is 9.80 Å². The molecular formula is C19H26FN3O2. The first-order valence-corrected chi connectivity index (χ1v) is 8.90. The van der Waals surface area contributed by atoms with Gasteiger partial charge in [0.05, 0.1) is 0 Å². The van der Waals surface area contributed by atoms with Crippen LogP contribution in [0.15, 0.2) is 24.3 Å². The fraction of sp³-hybridized carbons (Fsp3) is 0.579. The number of hydrogen-bond acceptors (Lipinski definition) is 3. The Bertz CT molecular complexity index is 664. The van der Waals surface area contributed by atoms with E-state index in [9.17, 15) is 14.0 Å². The van der Waals surface area contributed by atoms with Crippen LogP contribution in [-0.2, 0) is 16.1 Å². The zero-order valence-corrected chi connectivity index (χ0v) is 15.1. The number of likely N-dealkylation sites (N-methyl/N-ethyl adjacent to an activating group) is 1. The summed E-state index contributed by atoms with van der Waals surface area (Å²) in [4.78, 5) is 31.1. The van der Waals surface area contributed by atoms with Crippen molar-refractivity contribution in [2.45, 2.75) is 38.9 Å². The molecule has 1 aromatic rings. The fourth-order valence-corrected chi connectivity index (χ4v) is 3.80. The molecule has 5 nitrogen and oxygen atoms in total. The SMILES string of the molecule is CC(C)C[C@H]1C(=O)N2CCN(Cc3cccc(F)c3)C[C@@H]2C(=O)N1C. The Kier molecular flexibility index (Phi) is 5.08. The molecule has 3 rings (SSSR count). The van der Waals surface area contributed by atoms with Crippen LogP contribution in [0, 0.1) is 11.7 Å². The van der Waals surface area contributed by atoms with Crippen molar-refractivity contribution in [3.63, 3.8) is 0 Å². The Morgan fingerprint density at radius 2 is 1.96 bits per heavy atom. The van der Waals surface area contributed by atoms with Gasteiger partial charge in [-0.15, -0.1) is 0 Å². The van der Waals surface area contributed by atoms with Crippen molar-refractivity contribution in [3.05, 3.63) is 35.6 Å². The molecule has 0 unspecified atom stereocenters. The van der Waals surface area contributed by atoms with E-state index < -0.39 is 6.04 Å². The summed E-state index contributed by atoms with van der Waals surface area (Å²) in [5.74, 6) is 0.173. The van der Waals surface area contributed by atoms with Crippen LogP contribution in [-0.4, -0.2) is 65.3 Å². The standard InChI is InChI=1S/C19H26FN3O2/c1-13(2)9-16-19(25)23-8-7-22(12-17(23)18(24)21(16)3)11-14-5-4-6-15(20)10-14/h4-6,10,13,16-17H,7-9,11-12H2,1-3H3/t16-,17+/m0/s1. The lowest BCUT2D eigenvalue weighted by atomic mass is 9.95. The normalized spacial score (nSPS) is 24.8. The maximum Gasteiger partial charge on any atom is 0.247 e. The lowest BCUT2D eigenvalue weighted by molar-refractivity contribution is -0.164. The first-order chi connectivity index (χ1) is 11.9. The van der Waals surface area contributed by atoms with Gasteiger partial charge in [-0.05, 0) is 30.0 Å². The van der Waals surface area contributed by atoms with Crippen LogP contribution in [0.4, 0.5) is 4.39 Å². The zero-order valence-electron chi connectivity index (χ0n) is 15.1. The van der Waals surface area contributed by atoms with Gasteiger partial charge in [0.15, 0.2) is 0 Å². The van der Waals surface area contributed by atoms with Crippen molar-refractivity contribution < 1.29 is 14.0 Å². The van der Waals surface area contributed by atoms with E-state index in [1.165, 1.54) is 12.1 Å². The Labute approximate surface area is 148 Å². The highest BCUT2D eigenvalue weighted by Gasteiger charge is 2.46. The van der Waals surface area contributed by atoms with E-state index >= 15 is 0 Å².